The van der Waals surface area contributed by atoms with Crippen molar-refractivity contribution in [3.8, 4) is 0 Å². The Morgan fingerprint density at radius 3 is 2.00 bits per heavy atom. The van der Waals surface area contributed by atoms with Crippen LogP contribution in [0.5, 0.6) is 0 Å². The third-order valence-electron chi connectivity index (χ3n) is 0. The van der Waals surface area contributed by atoms with Crippen LogP contribution in [0.15, 0.2) is 0 Å². The first kappa shape index (κ1) is 4.79. The van der Waals surface area contributed by atoms with Crippen LogP contribution in [0.1, 0.15) is 0 Å². The first-order chi connectivity index (χ1) is 1.73. The summed E-state index contributed by atoms with van der Waals surface area (Å²) >= 11 is 0. The normalized spacial score (nSPS) is 11.5. The van der Waals surface area contributed by atoms with E-state index in [-0.39, 0.29) is 6.93 Å². The van der Waals surface area contributed by atoms with E-state index in [0.29, 0.717) is 0 Å². The third kappa shape index (κ3) is 14.2. The first-order valence-electron chi connectivity index (χ1n) is 0.964. The molecule has 2 unspecified atom stereocenters. The Morgan fingerprint density at radius 2 is 2.00 bits per heavy atom. The summed E-state index contributed by atoms with van der Waals surface area (Å²) in [7, 11) is 7.64. The molecule has 0 aromatic rings. The summed E-state index contributed by atoms with van der Waals surface area (Å²) in [6.07, 6.45) is 0. The average Bonchev–Trinajstić information content (AvgIpc) is 0.811. The standard InChI is InChI=1S/CH5BP2/c1-4(2)3/h3H2,1H3. The molecule has 3 heteroatoms. The van der Waals surface area contributed by atoms with Crippen LogP contribution in [0, 0.1) is 0 Å². The molecule has 0 aliphatic heterocycles. The predicted molar refractivity (Wildman–Crippen MR) is 28.3 cm³/mol. The fourth-order valence-electron chi connectivity index (χ4n) is 0. The molecular formula is CH5BP2. The molecule has 2 atom stereocenters. The van der Waals surface area contributed by atoms with E-state index in [1.54, 1.807) is 0 Å². The summed E-state index contributed by atoms with van der Waals surface area (Å²) in [4.78, 5) is 0. The summed E-state index contributed by atoms with van der Waals surface area (Å²) in [6, 6.07) is 0. The maximum absolute atomic E-state index is 5.14. The molecule has 0 aliphatic carbocycles. The second kappa shape index (κ2) is 2.06. The van der Waals surface area contributed by atoms with Crippen LogP contribution in [0.3, 0.4) is 0 Å². The van der Waals surface area contributed by atoms with Gasteiger partial charge in [-0.05, 0) is 0 Å². The second-order valence-corrected chi connectivity index (χ2v) is 4.44. The summed E-state index contributed by atoms with van der Waals surface area (Å²) in [5.74, 6) is 0. The molecule has 0 aromatic heterocycles. The van der Waals surface area contributed by atoms with Gasteiger partial charge in [0.1, 0.15) is 0 Å². The Labute approximate surface area is 30.5 Å². The van der Waals surface area contributed by atoms with Crippen molar-refractivity contribution in [2.24, 2.45) is 0 Å². The van der Waals surface area contributed by atoms with Crippen molar-refractivity contribution in [1.29, 1.82) is 0 Å². The first-order valence-corrected chi connectivity index (χ1v) is 4.44. The molecule has 0 radical (unpaired) electrons. The van der Waals surface area contributed by atoms with Gasteiger partial charge in [-0.3, -0.25) is 0 Å². The molecule has 0 heterocycles. The molecule has 0 amide bonds. The Hall–Kier alpha value is 0.795. The number of hydrogen-bond donors (Lipinski definition) is 0. The molecule has 22 valence electrons. The second-order valence-electron chi connectivity index (χ2n) is 0.665. The zero-order chi connectivity index (χ0) is 3.58. The van der Waals surface area contributed by atoms with E-state index in [4.69, 9.17) is 7.01 Å². The zero-order valence-corrected chi connectivity index (χ0v) is 4.65. The van der Waals surface area contributed by atoms with Gasteiger partial charge in [-0.15, -0.1) is 0 Å². The van der Waals surface area contributed by atoms with Crippen molar-refractivity contribution < 1.29 is 0 Å². The van der Waals surface area contributed by atoms with E-state index in [1.807, 2.05) is 6.66 Å². The van der Waals surface area contributed by atoms with Crippen LogP contribution in [-0.2, 0) is 0 Å². The van der Waals surface area contributed by atoms with E-state index in [0.717, 1.165) is 0 Å². The van der Waals surface area contributed by atoms with E-state index < -0.39 is 0 Å². The molecule has 0 N–H and O–H groups in total. The molecule has 0 fully saturated rings. The van der Waals surface area contributed by atoms with Gasteiger partial charge in [0.25, 0.3) is 0 Å². The van der Waals surface area contributed by atoms with Gasteiger partial charge in [0.2, 0.25) is 0 Å². The summed E-state index contributed by atoms with van der Waals surface area (Å²) < 4.78 is 0. The van der Waals surface area contributed by atoms with Crippen LogP contribution in [0.2, 0.25) is 0 Å². The Morgan fingerprint density at radius 1 is 2.00 bits per heavy atom. The molecule has 4 heavy (non-hydrogen) atoms. The maximum atomic E-state index is 5.14. The molecule has 0 aliphatic rings. The van der Waals surface area contributed by atoms with Gasteiger partial charge in [0, 0.05) is 0 Å². The van der Waals surface area contributed by atoms with Gasteiger partial charge in [-0.25, -0.2) is 0 Å². The van der Waals surface area contributed by atoms with Crippen molar-refractivity contribution in [3.05, 3.63) is 0 Å². The average molecular weight is 89.8 g/mol. The van der Waals surface area contributed by atoms with E-state index in [2.05, 4.69) is 8.93 Å². The summed E-state index contributed by atoms with van der Waals surface area (Å²) in [5.41, 5.74) is 0. The number of hydrogen-bond acceptors (Lipinski definition) is 0. The fourth-order valence-corrected chi connectivity index (χ4v) is 0. The van der Waals surface area contributed by atoms with Crippen LogP contribution in [0.25, 0.3) is 0 Å². The van der Waals surface area contributed by atoms with Crippen molar-refractivity contribution in [2.45, 2.75) is 0 Å². The van der Waals surface area contributed by atoms with Gasteiger partial charge in [-0.2, -0.15) is 0 Å². The number of rotatable bonds is 0. The predicted octanol–water partition coefficient (Wildman–Crippen LogP) is 0.972. The van der Waals surface area contributed by atoms with Crippen molar-refractivity contribution in [1.82, 2.24) is 0 Å². The van der Waals surface area contributed by atoms with Crippen LogP contribution >= 0.6 is 15.9 Å². The van der Waals surface area contributed by atoms with E-state index in [1.165, 1.54) is 0 Å². The quantitative estimate of drug-likeness (QED) is 0.307. The topological polar surface area (TPSA) is 0 Å². The molecule has 0 nitrogen and oxygen atoms in total. The van der Waals surface area contributed by atoms with Crippen LogP contribution < -0.4 is 0 Å². The van der Waals surface area contributed by atoms with Gasteiger partial charge < -0.3 is 0 Å². The Bertz CT molecular complexity index is 52.2. The molecule has 0 aromatic carbocycles. The Balaban J connectivity index is 3.02. The Kier molecular flexibility index (Phi) is 2.47. The monoisotopic (exact) mass is 90.0 g/mol. The van der Waals surface area contributed by atoms with Crippen LogP contribution in [-0.4, -0.2) is 13.7 Å². The molecule has 0 saturated heterocycles. The third-order valence-corrected chi connectivity index (χ3v) is 0. The van der Waals surface area contributed by atoms with Gasteiger partial charge in [0.15, 0.2) is 0 Å². The zero-order valence-electron chi connectivity index (χ0n) is 2.60. The molecule has 0 bridgehead atoms. The minimum atomic E-state index is -0.204. The van der Waals surface area contributed by atoms with Crippen LogP contribution in [0.4, 0.5) is 0 Å². The van der Waals surface area contributed by atoms with Gasteiger partial charge >= 0.3 is 29.5 Å². The fraction of sp³-hybridized carbons (Fsp3) is 1.00. The molecule has 0 spiro atoms. The molecular weight excluding hydrogens is 84.8 g/mol. The summed E-state index contributed by atoms with van der Waals surface area (Å²) in [6.45, 7) is 1.77. The molecule has 0 rings (SSSR count). The van der Waals surface area contributed by atoms with E-state index in [9.17, 15) is 0 Å². The SMILES string of the molecule is B#P(C)P. The van der Waals surface area contributed by atoms with Gasteiger partial charge in [-0.1, -0.05) is 0 Å². The molecule has 0 saturated carbocycles. The van der Waals surface area contributed by atoms with Crippen molar-refractivity contribution >= 4 is 22.9 Å². The van der Waals surface area contributed by atoms with Crippen molar-refractivity contribution in [2.75, 3.05) is 6.66 Å². The van der Waals surface area contributed by atoms with E-state index >= 15 is 0 Å². The van der Waals surface area contributed by atoms with Crippen molar-refractivity contribution in [3.63, 3.8) is 0 Å². The minimum absolute atomic E-state index is 0.204. The van der Waals surface area contributed by atoms with Gasteiger partial charge in [0.05, 0.1) is 0 Å². The summed E-state index contributed by atoms with van der Waals surface area (Å²) in [5, 5.41) is 0.